The molecule has 0 aliphatic heterocycles. The maximum atomic E-state index is 14.0. The highest BCUT2D eigenvalue weighted by Crippen LogP contribution is 2.42. The smallest absolute Gasteiger partial charge is 0.204 e. The van der Waals surface area contributed by atoms with Crippen LogP contribution in [0.25, 0.3) is 21.9 Å². The van der Waals surface area contributed by atoms with Gasteiger partial charge in [-0.1, -0.05) is 23.3 Å². The van der Waals surface area contributed by atoms with Crippen molar-refractivity contribution in [3.8, 4) is 23.0 Å². The van der Waals surface area contributed by atoms with Crippen LogP contribution >= 0.6 is 0 Å². The number of ether oxygens (including phenoxy) is 3. The first-order valence-electron chi connectivity index (χ1n) is 13.2. The van der Waals surface area contributed by atoms with Gasteiger partial charge in [-0.05, 0) is 75.2 Å². The summed E-state index contributed by atoms with van der Waals surface area (Å²) in [4.78, 5) is 14.0. The van der Waals surface area contributed by atoms with Crippen LogP contribution in [-0.2, 0) is 17.6 Å². The van der Waals surface area contributed by atoms with E-state index in [-0.39, 0.29) is 44.8 Å². The Morgan fingerprint density at radius 3 is 2.00 bits per heavy atom. The molecule has 0 saturated carbocycles. The highest BCUT2D eigenvalue weighted by atomic mass is 16.6. The molecule has 0 bridgehead atoms. The summed E-state index contributed by atoms with van der Waals surface area (Å²) < 4.78 is 24.0. The molecule has 2 N–H and O–H groups in total. The predicted molar refractivity (Wildman–Crippen MR) is 157 cm³/mol. The van der Waals surface area contributed by atoms with Crippen LogP contribution in [0, 0.1) is 0 Å². The summed E-state index contributed by atoms with van der Waals surface area (Å²) in [6.45, 7) is 17.9. The van der Waals surface area contributed by atoms with Crippen LogP contribution in [0.1, 0.15) is 73.4 Å². The van der Waals surface area contributed by atoms with Crippen molar-refractivity contribution < 1.29 is 28.8 Å². The van der Waals surface area contributed by atoms with Crippen LogP contribution in [0.3, 0.4) is 0 Å². The number of fused-ring (bicyclic) bond motifs is 2. The fraction of sp³-hybridized carbons (Fsp3) is 0.469. The molecule has 3 rings (SSSR count). The van der Waals surface area contributed by atoms with Gasteiger partial charge < -0.3 is 28.8 Å². The molecule has 0 radical (unpaired) electrons. The number of aromatic hydroxyl groups is 2. The van der Waals surface area contributed by atoms with E-state index >= 15 is 0 Å². The van der Waals surface area contributed by atoms with E-state index in [4.69, 9.17) is 18.6 Å². The van der Waals surface area contributed by atoms with E-state index in [1.54, 1.807) is 6.07 Å². The van der Waals surface area contributed by atoms with E-state index in [1.165, 1.54) is 13.2 Å². The maximum absolute atomic E-state index is 14.0. The first-order chi connectivity index (χ1) is 18.0. The second-order valence-electron chi connectivity index (χ2n) is 12.0. The molecule has 0 atom stereocenters. The minimum atomic E-state index is -0.743. The molecule has 7 nitrogen and oxygen atoms in total. The van der Waals surface area contributed by atoms with E-state index in [2.05, 4.69) is 0 Å². The Hall–Kier alpha value is -3.45. The van der Waals surface area contributed by atoms with Crippen molar-refractivity contribution in [2.75, 3.05) is 13.7 Å². The molecule has 0 spiro atoms. The van der Waals surface area contributed by atoms with Gasteiger partial charge in [-0.3, -0.25) is 4.79 Å². The van der Waals surface area contributed by atoms with E-state index in [0.717, 1.165) is 11.1 Å². The molecule has 0 saturated heterocycles. The van der Waals surface area contributed by atoms with Gasteiger partial charge in [-0.25, -0.2) is 0 Å². The van der Waals surface area contributed by atoms with Crippen LogP contribution in [0.5, 0.6) is 23.0 Å². The zero-order chi connectivity index (χ0) is 29.3. The lowest BCUT2D eigenvalue weighted by Gasteiger charge is -2.31. The van der Waals surface area contributed by atoms with E-state index in [9.17, 15) is 15.0 Å². The Bertz CT molecular complexity index is 1490. The first-order valence-corrected chi connectivity index (χ1v) is 13.2. The molecule has 0 aliphatic carbocycles. The van der Waals surface area contributed by atoms with Gasteiger partial charge in [0.05, 0.1) is 24.7 Å². The van der Waals surface area contributed by atoms with Gasteiger partial charge in [-0.2, -0.15) is 0 Å². The molecule has 3 aromatic rings. The summed E-state index contributed by atoms with van der Waals surface area (Å²) in [5, 5.41) is 22.5. The Morgan fingerprint density at radius 1 is 0.897 bits per heavy atom. The topological polar surface area (TPSA) is 98.4 Å². The van der Waals surface area contributed by atoms with Crippen molar-refractivity contribution in [2.45, 2.75) is 86.4 Å². The lowest BCUT2D eigenvalue weighted by atomic mass is 9.98. The molecule has 1 heterocycles. The highest BCUT2D eigenvalue weighted by Gasteiger charge is 2.28. The second-order valence-corrected chi connectivity index (χ2v) is 12.0. The predicted octanol–water partition coefficient (Wildman–Crippen LogP) is 7.36. The zero-order valence-electron chi connectivity index (χ0n) is 24.9. The van der Waals surface area contributed by atoms with Gasteiger partial charge in [0.2, 0.25) is 5.43 Å². The molecule has 7 heteroatoms. The minimum absolute atomic E-state index is 0.0574. The number of rotatable bonds is 9. The molecule has 2 aromatic carbocycles. The SMILES string of the molecule is COc1c(O)cc2oc3cc(OC(C)(C)COC(C)(C)C)c(CC=C(C)C)c(O)c3c(=O)c2c1CC=C(C)C. The van der Waals surface area contributed by atoms with Crippen molar-refractivity contribution in [2.24, 2.45) is 0 Å². The van der Waals surface area contributed by atoms with Crippen molar-refractivity contribution in [3.05, 3.63) is 56.8 Å². The molecular formula is C32H42O7. The Kier molecular flexibility index (Phi) is 8.75. The van der Waals surface area contributed by atoms with Gasteiger partial charge >= 0.3 is 0 Å². The third-order valence-electron chi connectivity index (χ3n) is 6.20. The molecule has 39 heavy (non-hydrogen) atoms. The van der Waals surface area contributed by atoms with Gasteiger partial charge in [0.25, 0.3) is 0 Å². The summed E-state index contributed by atoms with van der Waals surface area (Å²) in [5.41, 5.74) is 1.94. The summed E-state index contributed by atoms with van der Waals surface area (Å²) in [7, 11) is 1.44. The zero-order valence-corrected chi connectivity index (χ0v) is 24.9. The van der Waals surface area contributed by atoms with Crippen LogP contribution in [0.15, 0.2) is 44.6 Å². The van der Waals surface area contributed by atoms with E-state index in [1.807, 2.05) is 74.5 Å². The largest absolute Gasteiger partial charge is 0.507 e. The molecule has 212 valence electrons. The normalized spacial score (nSPS) is 12.1. The van der Waals surface area contributed by atoms with Crippen molar-refractivity contribution in [1.82, 2.24) is 0 Å². The Balaban J connectivity index is 2.35. The summed E-state index contributed by atoms with van der Waals surface area (Å²) in [6.07, 6.45) is 4.62. The van der Waals surface area contributed by atoms with Crippen LogP contribution in [0.2, 0.25) is 0 Å². The van der Waals surface area contributed by atoms with Crippen LogP contribution < -0.4 is 14.9 Å². The number of hydrogen-bond donors (Lipinski definition) is 2. The van der Waals surface area contributed by atoms with Crippen molar-refractivity contribution in [3.63, 3.8) is 0 Å². The first kappa shape index (κ1) is 30.1. The third kappa shape index (κ3) is 6.95. The van der Waals surface area contributed by atoms with Gasteiger partial charge in [-0.15, -0.1) is 0 Å². The van der Waals surface area contributed by atoms with Crippen molar-refractivity contribution in [1.29, 1.82) is 0 Å². The molecule has 0 aliphatic rings. The number of allylic oxidation sites excluding steroid dienone is 4. The standard InChI is InChI=1S/C32H42O7/c1-18(2)11-13-20-23(39-32(8,9)17-37-31(5,6)7)16-25-27(28(20)34)29(35)26-21(14-12-19(3)4)30(36-10)22(33)15-24(26)38-25/h11-12,15-16,33-34H,13-14,17H2,1-10H3. The lowest BCUT2D eigenvalue weighted by Crippen LogP contribution is -2.38. The Labute approximate surface area is 230 Å². The van der Waals surface area contributed by atoms with E-state index < -0.39 is 11.0 Å². The van der Waals surface area contributed by atoms with Crippen LogP contribution in [0.4, 0.5) is 0 Å². The lowest BCUT2D eigenvalue weighted by molar-refractivity contribution is -0.0725. The molecule has 1 aromatic heterocycles. The fourth-order valence-electron chi connectivity index (χ4n) is 4.25. The summed E-state index contributed by atoms with van der Waals surface area (Å²) in [6, 6.07) is 3.01. The average Bonchev–Trinajstić information content (AvgIpc) is 2.79. The average molecular weight is 539 g/mol. The second kappa shape index (κ2) is 11.3. The fourth-order valence-corrected chi connectivity index (χ4v) is 4.25. The van der Waals surface area contributed by atoms with Crippen molar-refractivity contribution >= 4 is 21.9 Å². The number of phenolic OH excluding ortho intramolecular Hbond substituents is 2. The molecule has 0 unspecified atom stereocenters. The maximum Gasteiger partial charge on any atom is 0.204 e. The Morgan fingerprint density at radius 2 is 1.46 bits per heavy atom. The number of hydrogen-bond acceptors (Lipinski definition) is 7. The highest BCUT2D eigenvalue weighted by molar-refractivity contribution is 5.97. The van der Waals surface area contributed by atoms with Crippen LogP contribution in [-0.4, -0.2) is 35.1 Å². The van der Waals surface area contributed by atoms with Gasteiger partial charge in [0.15, 0.2) is 11.5 Å². The van der Waals surface area contributed by atoms with Gasteiger partial charge in [0, 0.05) is 23.3 Å². The monoisotopic (exact) mass is 538 g/mol. The quantitative estimate of drug-likeness (QED) is 0.217. The molecule has 0 amide bonds. The minimum Gasteiger partial charge on any atom is -0.507 e. The number of methoxy groups -OCH3 is 1. The number of phenols is 2. The van der Waals surface area contributed by atoms with Gasteiger partial charge in [0.1, 0.15) is 33.7 Å². The molecule has 0 fully saturated rings. The molecular weight excluding hydrogens is 496 g/mol. The summed E-state index contributed by atoms with van der Waals surface area (Å²) >= 11 is 0. The third-order valence-corrected chi connectivity index (χ3v) is 6.20. The number of benzene rings is 2. The summed E-state index contributed by atoms with van der Waals surface area (Å²) in [5.74, 6) is 0.274. The van der Waals surface area contributed by atoms with E-state index in [0.29, 0.717) is 36.3 Å².